The second kappa shape index (κ2) is 33.1. The van der Waals surface area contributed by atoms with Crippen molar-refractivity contribution in [1.29, 1.82) is 0 Å². The van der Waals surface area contributed by atoms with E-state index in [9.17, 15) is 83.0 Å². The molecular formula is C80H73N3O23S3. The number of aromatic carboxylic acids is 3. The molecule has 0 radical (unpaired) electrons. The molecule has 0 aliphatic rings. The molecule has 0 saturated carbocycles. The maximum atomic E-state index is 13.7. The van der Waals surface area contributed by atoms with Gasteiger partial charge in [-0.2, -0.15) is 13.7 Å². The molecule has 3 heterocycles. The van der Waals surface area contributed by atoms with E-state index in [1.807, 2.05) is 38.0 Å². The van der Waals surface area contributed by atoms with E-state index in [4.69, 9.17) is 23.7 Å². The predicted molar refractivity (Wildman–Crippen MR) is 399 cm³/mol. The van der Waals surface area contributed by atoms with E-state index in [-0.39, 0.29) is 72.6 Å². The third-order valence-corrected chi connectivity index (χ3v) is 20.4. The van der Waals surface area contributed by atoms with Crippen LogP contribution in [0.25, 0.3) is 65.4 Å². The maximum absolute atomic E-state index is 13.7. The van der Waals surface area contributed by atoms with Crippen LogP contribution in [0, 0.1) is 41.5 Å². The second-order valence-electron chi connectivity index (χ2n) is 25.7. The topological polar surface area (TPSA) is 392 Å². The molecular weight excluding hydrogens is 1470 g/mol. The summed E-state index contributed by atoms with van der Waals surface area (Å²) in [6, 6.07) is 47.8. The maximum Gasteiger partial charge on any atom is 0.345 e. The molecule has 109 heavy (non-hydrogen) atoms. The Kier molecular flexibility index (Phi) is 24.2. The van der Waals surface area contributed by atoms with Crippen LogP contribution in [-0.4, -0.2) is 122 Å². The first-order chi connectivity index (χ1) is 51.6. The van der Waals surface area contributed by atoms with Gasteiger partial charge in [-0.25, -0.2) is 54.0 Å². The summed E-state index contributed by atoms with van der Waals surface area (Å²) in [6.07, 6.45) is 0.313. The highest BCUT2D eigenvalue weighted by atomic mass is 32.2. The number of hydrogen-bond acceptors (Lipinski definition) is 20. The van der Waals surface area contributed by atoms with Gasteiger partial charge in [-0.3, -0.25) is 0 Å². The van der Waals surface area contributed by atoms with Crippen LogP contribution in [-0.2, 0) is 50.0 Å². The highest BCUT2D eigenvalue weighted by molar-refractivity contribution is 7.86. The van der Waals surface area contributed by atoms with Crippen LogP contribution in [0.3, 0.4) is 0 Å². The first-order valence-electron chi connectivity index (χ1n) is 33.8. The van der Waals surface area contributed by atoms with Crippen LogP contribution in [0.15, 0.2) is 170 Å². The number of pyridine rings is 3. The van der Waals surface area contributed by atoms with Crippen molar-refractivity contribution in [3.63, 3.8) is 0 Å². The number of benzene rings is 9. The molecule has 0 fully saturated rings. The van der Waals surface area contributed by atoms with Crippen molar-refractivity contribution in [3.8, 4) is 28.7 Å². The Balaban J connectivity index is 0.000000174. The van der Waals surface area contributed by atoms with Crippen LogP contribution >= 0.6 is 0 Å². The van der Waals surface area contributed by atoms with Gasteiger partial charge in [-0.05, 0) is 160 Å². The first-order valence-corrected chi connectivity index (χ1v) is 38.5. The standard InChI is InChI=1S/2C27H25NO8S.C26H23NO7S/c1-16-13-18(26(29)30)14-17(2)25(16)36-27(31)24-20-7-4-5-8-22(20)28(11-6-12-37(32,33)34)23-10-9-19(35-3)15-21(23)24;1-16-13-18(26(29)30)14-17(2)25(16)36-27(31)24-20-7-4-5-8-22(20)28(11-6-12-37(32,33)34)23-15-19(35-3)9-10-21(23)24;1-16-14-18(25(28)29)15-17(2)24(16)34-26(30)23-19-8-3-5-10-21(19)27(12-7-13-35(31,32)33)22-11-6-4-9-20(22)23/h2*4-5,7-10,13-15H,6,11-12H2,1-3H3,(H-,29,30,32,33,34);3-6,8-11,14-15H,7,12-13H2,1-2H3,(H-,28,29,31,32,33). The van der Waals surface area contributed by atoms with Gasteiger partial charge >= 0.3 is 35.8 Å². The molecule has 0 aliphatic carbocycles. The Morgan fingerprint density at radius 2 is 0.578 bits per heavy atom. The lowest BCUT2D eigenvalue weighted by atomic mass is 10.0. The number of para-hydroxylation sites is 4. The van der Waals surface area contributed by atoms with Gasteiger partial charge in [0.2, 0.25) is 33.1 Å². The molecule has 0 spiro atoms. The fourth-order valence-corrected chi connectivity index (χ4v) is 14.8. The zero-order valence-corrected chi connectivity index (χ0v) is 62.6. The molecule has 3 aromatic heterocycles. The van der Waals surface area contributed by atoms with E-state index in [1.165, 1.54) is 50.6 Å². The van der Waals surface area contributed by atoms with Crippen molar-refractivity contribution in [2.24, 2.45) is 0 Å². The number of rotatable bonds is 23. The van der Waals surface area contributed by atoms with Gasteiger partial charge in [0.1, 0.15) is 28.7 Å². The summed E-state index contributed by atoms with van der Waals surface area (Å²) in [7, 11) is -10.1. The Morgan fingerprint density at radius 1 is 0.330 bits per heavy atom. The van der Waals surface area contributed by atoms with Crippen molar-refractivity contribution < 1.29 is 120 Å². The van der Waals surface area contributed by atoms with Crippen LogP contribution in [0.5, 0.6) is 28.7 Å². The molecule has 12 aromatic rings. The average molecular weight is 1540 g/mol. The van der Waals surface area contributed by atoms with Gasteiger partial charge in [0.05, 0.1) is 116 Å². The zero-order chi connectivity index (χ0) is 79.1. The molecule has 0 unspecified atom stereocenters. The minimum absolute atomic E-state index is 0.0882. The van der Waals surface area contributed by atoms with E-state index in [1.54, 1.807) is 151 Å². The Hall–Kier alpha value is -11.9. The number of aromatic nitrogens is 3. The van der Waals surface area contributed by atoms with Crippen LogP contribution in [0.1, 0.15) is 115 Å². The van der Waals surface area contributed by atoms with Crippen molar-refractivity contribution in [2.45, 2.75) is 80.4 Å². The molecule has 29 heteroatoms. The normalized spacial score (nSPS) is 11.6. The van der Waals surface area contributed by atoms with Gasteiger partial charge in [0, 0.05) is 66.9 Å². The molecule has 0 bridgehead atoms. The lowest BCUT2D eigenvalue weighted by molar-refractivity contribution is -0.645. The third kappa shape index (κ3) is 18.4. The molecule has 3 N–H and O–H groups in total. The number of esters is 3. The van der Waals surface area contributed by atoms with Gasteiger partial charge < -0.3 is 52.7 Å². The van der Waals surface area contributed by atoms with Gasteiger partial charge in [0.15, 0.2) is 19.6 Å². The summed E-state index contributed by atoms with van der Waals surface area (Å²) in [6.45, 7) is 10.8. The number of methoxy groups -OCH3 is 2. The Labute approximate surface area is 625 Å². The van der Waals surface area contributed by atoms with Gasteiger partial charge in [-0.15, -0.1) is 0 Å². The van der Waals surface area contributed by atoms with Gasteiger partial charge in [0.25, 0.3) is 0 Å². The smallest absolute Gasteiger partial charge is 0.345 e. The molecule has 0 amide bonds. The quantitative estimate of drug-likeness (QED) is 0.0176. The van der Waals surface area contributed by atoms with E-state index in [0.29, 0.717) is 127 Å². The predicted octanol–water partition coefficient (Wildman–Crippen LogP) is 11.3. The van der Waals surface area contributed by atoms with Crippen LogP contribution < -0.4 is 37.4 Å². The van der Waals surface area contributed by atoms with E-state index < -0.39 is 83.4 Å². The van der Waals surface area contributed by atoms with Crippen molar-refractivity contribution in [3.05, 3.63) is 237 Å². The average Bonchev–Trinajstić information content (AvgIpc) is 0.755. The third-order valence-electron chi connectivity index (χ3n) is 18.0. The van der Waals surface area contributed by atoms with Crippen LogP contribution in [0.4, 0.5) is 0 Å². The summed E-state index contributed by atoms with van der Waals surface area (Å²) >= 11 is 0. The summed E-state index contributed by atoms with van der Waals surface area (Å²) in [5.41, 5.74) is 8.18. The Bertz CT molecular complexity index is 5960. The van der Waals surface area contributed by atoms with Gasteiger partial charge in [-0.1, -0.05) is 48.5 Å². The highest BCUT2D eigenvalue weighted by Crippen LogP contribution is 2.36. The second-order valence-corrected chi connectivity index (χ2v) is 30.2. The van der Waals surface area contributed by atoms with E-state index in [2.05, 4.69) is 0 Å². The van der Waals surface area contributed by atoms with E-state index >= 15 is 0 Å². The number of aryl methyl sites for hydroxylation is 9. The number of nitrogens with zero attached hydrogens (tertiary/aromatic N) is 3. The van der Waals surface area contributed by atoms with Crippen molar-refractivity contribution >= 4 is 132 Å². The number of carboxylic acids is 3. The summed E-state index contributed by atoms with van der Waals surface area (Å²) in [5, 5.41) is 31.4. The molecule has 26 nitrogen and oxygen atoms in total. The SMILES string of the molecule is COc1ccc2c(C(=O)Oc3c(C)cc(C(=O)O)cc3C)c3ccccc3[n+](CCCS(=O)(=O)[O-])c2c1.COc1ccc2c(c1)c(C(=O)Oc1c(C)cc(C(=O)O)cc1C)c1ccccc1[n+]2CCCS(=O)(=O)[O-].Cc1cc(C(=O)O)cc(C)c1OC(=O)c1c2ccccc2[n+](CCCS(=O)(=O)[O-])c2ccccc12. The Morgan fingerprint density at radius 3 is 0.862 bits per heavy atom. The van der Waals surface area contributed by atoms with Crippen molar-refractivity contribution in [2.75, 3.05) is 31.5 Å². The fraction of sp³-hybridized carbons (Fsp3) is 0.212. The molecule has 12 rings (SSSR count). The monoisotopic (exact) mass is 1540 g/mol. The number of carboxylic acid groups (broad SMARTS) is 3. The van der Waals surface area contributed by atoms with Crippen molar-refractivity contribution in [1.82, 2.24) is 0 Å². The molecule has 9 aromatic carbocycles. The minimum atomic E-state index is -4.39. The number of ether oxygens (including phenoxy) is 5. The molecule has 564 valence electrons. The summed E-state index contributed by atoms with van der Waals surface area (Å²) < 4.78 is 134. The minimum Gasteiger partial charge on any atom is -0.748 e. The largest absolute Gasteiger partial charge is 0.748 e. The van der Waals surface area contributed by atoms with Crippen LogP contribution in [0.2, 0.25) is 0 Å². The number of carbonyl (C=O) groups excluding carboxylic acids is 3. The zero-order valence-electron chi connectivity index (χ0n) is 60.1. The fourth-order valence-electron chi connectivity index (χ4n) is 13.4. The summed E-state index contributed by atoms with van der Waals surface area (Å²) in [4.78, 5) is 75.1. The van der Waals surface area contributed by atoms with E-state index in [0.717, 1.165) is 0 Å². The number of carbonyl (C=O) groups is 6. The molecule has 0 atom stereocenters. The highest BCUT2D eigenvalue weighted by Gasteiger charge is 2.31. The number of hydrogen-bond donors (Lipinski definition) is 3. The number of fused-ring (bicyclic) bond motifs is 6. The first kappa shape index (κ1) is 79.7. The lowest BCUT2D eigenvalue weighted by Crippen LogP contribution is -2.37. The summed E-state index contributed by atoms with van der Waals surface area (Å²) in [5.74, 6) is -4.73. The molecule has 0 saturated heterocycles. The lowest BCUT2D eigenvalue weighted by Gasteiger charge is -2.15. The molecule has 0 aliphatic heterocycles.